The molecule has 7 nitrogen and oxygen atoms in total. The highest BCUT2D eigenvalue weighted by molar-refractivity contribution is 5.74. The molecule has 0 spiro atoms. The molecule has 4 N–H and O–H groups in total. The number of hydrogen-bond acceptors (Lipinski definition) is 6. The smallest absolute Gasteiger partial charge is 0.221 e. The van der Waals surface area contributed by atoms with Crippen LogP contribution in [0.4, 0.5) is 0 Å². The molecule has 2 rings (SSSR count). The van der Waals surface area contributed by atoms with Gasteiger partial charge in [0.1, 0.15) is 24.4 Å². The Hall–Kier alpha value is -1.51. The Bertz CT molecular complexity index is 496. The van der Waals surface area contributed by atoms with Gasteiger partial charge in [-0.3, -0.25) is 4.79 Å². The van der Waals surface area contributed by atoms with Gasteiger partial charge in [0.15, 0.2) is 6.23 Å². The first-order chi connectivity index (χ1) is 10.5. The van der Waals surface area contributed by atoms with Gasteiger partial charge in [0.05, 0.1) is 13.2 Å². The summed E-state index contributed by atoms with van der Waals surface area (Å²) < 4.78 is 5.70. The molecule has 122 valence electrons. The molecule has 1 aromatic rings. The zero-order chi connectivity index (χ0) is 16.3. The molecule has 1 saturated heterocycles. The van der Waals surface area contributed by atoms with Gasteiger partial charge in [0.25, 0.3) is 0 Å². The molecule has 0 aliphatic carbocycles. The summed E-state index contributed by atoms with van der Waals surface area (Å²) in [5.41, 5.74) is 0.754. The second-order valence-electron chi connectivity index (χ2n) is 5.34. The predicted molar refractivity (Wildman–Crippen MR) is 76.5 cm³/mol. The molecule has 0 unspecified atom stereocenters. The van der Waals surface area contributed by atoms with E-state index in [1.807, 2.05) is 18.2 Å². The van der Waals surface area contributed by atoms with Crippen molar-refractivity contribution in [1.29, 1.82) is 0 Å². The molecule has 1 heterocycles. The van der Waals surface area contributed by atoms with Crippen molar-refractivity contribution in [3.63, 3.8) is 0 Å². The first-order valence-electron chi connectivity index (χ1n) is 7.08. The van der Waals surface area contributed by atoms with E-state index in [4.69, 9.17) is 9.84 Å². The lowest BCUT2D eigenvalue weighted by Gasteiger charge is -2.25. The van der Waals surface area contributed by atoms with Crippen molar-refractivity contribution in [2.24, 2.45) is 0 Å². The van der Waals surface area contributed by atoms with Gasteiger partial charge in [-0.15, -0.1) is 0 Å². The molecule has 0 bridgehead atoms. The van der Waals surface area contributed by atoms with Crippen molar-refractivity contribution in [3.05, 3.63) is 35.9 Å². The molecule has 7 heteroatoms. The van der Waals surface area contributed by atoms with E-state index in [0.29, 0.717) is 0 Å². The molecule has 1 aliphatic heterocycles. The van der Waals surface area contributed by atoms with Gasteiger partial charge in [-0.2, -0.15) is 0 Å². The highest BCUT2D eigenvalue weighted by atomic mass is 16.5. The molecule has 1 fully saturated rings. The summed E-state index contributed by atoms with van der Waals surface area (Å²) in [6.07, 6.45) is -5.96. The first-order valence-corrected chi connectivity index (χ1v) is 7.08. The van der Waals surface area contributed by atoms with Crippen molar-refractivity contribution in [2.75, 3.05) is 13.2 Å². The molecule has 0 saturated carbocycles. The third kappa shape index (κ3) is 3.45. The third-order valence-corrected chi connectivity index (χ3v) is 3.76. The predicted octanol–water partition coefficient (Wildman–Crippen LogP) is -0.992. The minimum absolute atomic E-state index is 0.0886. The number of hydrogen-bond donors (Lipinski definition) is 4. The van der Waals surface area contributed by atoms with Crippen molar-refractivity contribution in [3.8, 4) is 0 Å². The summed E-state index contributed by atoms with van der Waals surface area (Å²) in [6.45, 7) is 0.807. The Morgan fingerprint density at radius 2 is 1.95 bits per heavy atom. The van der Waals surface area contributed by atoms with Crippen LogP contribution in [0.25, 0.3) is 0 Å². The summed E-state index contributed by atoms with van der Waals surface area (Å²) >= 11 is 0. The lowest BCUT2D eigenvalue weighted by molar-refractivity contribution is -0.139. The SMILES string of the molecule is CC(=O)N1C[C@@H]([C@@H](O)[C@H](O)[C@H](O)CO)O[C@@H]1c1ccccc1. The van der Waals surface area contributed by atoms with E-state index in [1.54, 1.807) is 12.1 Å². The number of benzene rings is 1. The summed E-state index contributed by atoms with van der Waals surface area (Å²) in [5, 5.41) is 38.1. The fourth-order valence-corrected chi connectivity index (χ4v) is 2.49. The van der Waals surface area contributed by atoms with E-state index < -0.39 is 37.3 Å². The number of amides is 1. The second-order valence-corrected chi connectivity index (χ2v) is 5.34. The average molecular weight is 311 g/mol. The molecule has 5 atom stereocenters. The van der Waals surface area contributed by atoms with Crippen LogP contribution in [0.3, 0.4) is 0 Å². The Morgan fingerprint density at radius 1 is 1.32 bits per heavy atom. The Balaban J connectivity index is 2.15. The maximum Gasteiger partial charge on any atom is 0.221 e. The van der Waals surface area contributed by atoms with Gasteiger partial charge in [0, 0.05) is 12.5 Å². The average Bonchev–Trinajstić information content (AvgIpc) is 2.99. The summed E-state index contributed by atoms with van der Waals surface area (Å²) in [6, 6.07) is 9.06. The third-order valence-electron chi connectivity index (χ3n) is 3.76. The van der Waals surface area contributed by atoms with Crippen LogP contribution in [0.15, 0.2) is 30.3 Å². The normalized spacial score (nSPS) is 25.8. The van der Waals surface area contributed by atoms with Crippen LogP contribution in [0.2, 0.25) is 0 Å². The van der Waals surface area contributed by atoms with Gasteiger partial charge >= 0.3 is 0 Å². The molecular formula is C15H21NO6. The number of carbonyl (C=O) groups is 1. The van der Waals surface area contributed by atoms with E-state index in [9.17, 15) is 20.1 Å². The molecule has 1 aromatic carbocycles. The second kappa shape index (κ2) is 7.17. The lowest BCUT2D eigenvalue weighted by atomic mass is 10.0. The maximum atomic E-state index is 11.8. The molecule has 1 amide bonds. The van der Waals surface area contributed by atoms with Crippen molar-refractivity contribution < 1.29 is 30.0 Å². The summed E-state index contributed by atoms with van der Waals surface area (Å²) in [4.78, 5) is 13.2. The lowest BCUT2D eigenvalue weighted by Crippen LogP contribution is -2.47. The van der Waals surface area contributed by atoms with Crippen LogP contribution in [0, 0.1) is 0 Å². The van der Waals surface area contributed by atoms with Gasteiger partial charge in [-0.1, -0.05) is 30.3 Å². The Labute approximate surface area is 128 Å². The fourth-order valence-electron chi connectivity index (χ4n) is 2.49. The molecular weight excluding hydrogens is 290 g/mol. The zero-order valence-corrected chi connectivity index (χ0v) is 12.2. The van der Waals surface area contributed by atoms with Crippen molar-refractivity contribution in [2.45, 2.75) is 37.6 Å². The van der Waals surface area contributed by atoms with Gasteiger partial charge in [-0.05, 0) is 0 Å². The van der Waals surface area contributed by atoms with E-state index in [2.05, 4.69) is 0 Å². The van der Waals surface area contributed by atoms with E-state index >= 15 is 0 Å². The van der Waals surface area contributed by atoms with Crippen molar-refractivity contribution >= 4 is 5.91 Å². The highest BCUT2D eigenvalue weighted by Gasteiger charge is 2.42. The van der Waals surface area contributed by atoms with Crippen LogP contribution in [0.1, 0.15) is 18.7 Å². The zero-order valence-electron chi connectivity index (χ0n) is 12.2. The highest BCUT2D eigenvalue weighted by Crippen LogP contribution is 2.32. The van der Waals surface area contributed by atoms with E-state index in [1.165, 1.54) is 11.8 Å². The van der Waals surface area contributed by atoms with Crippen LogP contribution >= 0.6 is 0 Å². The number of rotatable bonds is 5. The summed E-state index contributed by atoms with van der Waals surface area (Å²) in [7, 11) is 0. The van der Waals surface area contributed by atoms with Crippen LogP contribution in [-0.2, 0) is 9.53 Å². The van der Waals surface area contributed by atoms with E-state index in [0.717, 1.165) is 5.56 Å². The number of ether oxygens (including phenoxy) is 1. The number of nitrogens with zero attached hydrogens (tertiary/aromatic N) is 1. The molecule has 22 heavy (non-hydrogen) atoms. The van der Waals surface area contributed by atoms with Crippen molar-refractivity contribution in [1.82, 2.24) is 4.90 Å². The monoisotopic (exact) mass is 311 g/mol. The minimum Gasteiger partial charge on any atom is -0.394 e. The number of aliphatic hydroxyl groups is 4. The summed E-state index contributed by atoms with van der Waals surface area (Å²) in [5.74, 6) is -0.222. The van der Waals surface area contributed by atoms with Crippen LogP contribution in [0.5, 0.6) is 0 Å². The maximum absolute atomic E-state index is 11.8. The van der Waals surface area contributed by atoms with Gasteiger partial charge in [0.2, 0.25) is 5.91 Å². The van der Waals surface area contributed by atoms with Crippen LogP contribution < -0.4 is 0 Å². The molecule has 0 radical (unpaired) electrons. The number of aliphatic hydroxyl groups excluding tert-OH is 4. The minimum atomic E-state index is -1.56. The quantitative estimate of drug-likeness (QED) is 0.556. The van der Waals surface area contributed by atoms with Gasteiger partial charge < -0.3 is 30.1 Å². The Kier molecular flexibility index (Phi) is 5.49. The van der Waals surface area contributed by atoms with Gasteiger partial charge in [-0.25, -0.2) is 0 Å². The standard InChI is InChI=1S/C15H21NO6/c1-9(18)16-7-12(14(21)13(20)11(19)8-17)22-15(16)10-5-3-2-4-6-10/h2-6,11-15,17,19-21H,7-8H2,1H3/t11-,12+,13-,14-,15-/m1/s1. The number of carbonyl (C=O) groups excluding carboxylic acids is 1. The topological polar surface area (TPSA) is 110 Å². The van der Waals surface area contributed by atoms with E-state index in [-0.39, 0.29) is 12.5 Å². The van der Waals surface area contributed by atoms with Crippen LogP contribution in [-0.4, -0.2) is 68.8 Å². The largest absolute Gasteiger partial charge is 0.394 e. The molecule has 0 aromatic heterocycles. The molecule has 1 aliphatic rings. The first kappa shape index (κ1) is 16.9. The Morgan fingerprint density at radius 3 is 2.50 bits per heavy atom. The fraction of sp³-hybridized carbons (Fsp3) is 0.533.